The molecule has 0 fully saturated rings. The fourth-order valence-electron chi connectivity index (χ4n) is 0.549. The molecule has 1 aliphatic rings. The van der Waals surface area contributed by atoms with E-state index in [1.807, 2.05) is 0 Å². The molecule has 0 spiro atoms. The lowest BCUT2D eigenvalue weighted by Crippen LogP contribution is -2.12. The highest BCUT2D eigenvalue weighted by Gasteiger charge is 2.07. The van der Waals surface area contributed by atoms with E-state index < -0.39 is 10.0 Å². The van der Waals surface area contributed by atoms with E-state index in [4.69, 9.17) is 5.14 Å². The molecule has 1 aliphatic heterocycles. The van der Waals surface area contributed by atoms with Gasteiger partial charge < -0.3 is 0 Å². The maximum Gasteiger partial charge on any atom is 0.238 e. The highest BCUT2D eigenvalue weighted by atomic mass is 32.2. The number of primary sulfonamides is 1. The molecule has 0 aromatic heterocycles. The van der Waals surface area contributed by atoms with Crippen molar-refractivity contribution in [2.24, 2.45) is 5.14 Å². The number of hydrogen-bond donors (Lipinski definition) is 1. The molecule has 60 valence electrons. The minimum atomic E-state index is -3.54. The van der Waals surface area contributed by atoms with E-state index in [9.17, 15) is 8.42 Å². The van der Waals surface area contributed by atoms with E-state index in [-0.39, 0.29) is 4.91 Å². The molecule has 1 heterocycles. The summed E-state index contributed by atoms with van der Waals surface area (Å²) in [7, 11) is -3.54. The van der Waals surface area contributed by atoms with Crippen LogP contribution < -0.4 is 5.14 Å². The number of allylic oxidation sites excluding steroid dienone is 3. The molecule has 11 heavy (non-hydrogen) atoms. The van der Waals surface area contributed by atoms with E-state index in [1.54, 1.807) is 17.6 Å². The lowest BCUT2D eigenvalue weighted by atomic mass is 10.5. The predicted octanol–water partition coefficient (Wildman–Crippen LogP) is 0.933. The average Bonchev–Trinajstić information content (AvgIpc) is 2.10. The van der Waals surface area contributed by atoms with Gasteiger partial charge in [0, 0.05) is 0 Å². The van der Waals surface area contributed by atoms with E-state index in [0.29, 0.717) is 0 Å². The third-order valence-corrected chi connectivity index (χ3v) is 2.81. The van der Waals surface area contributed by atoms with Crippen LogP contribution in [0.5, 0.6) is 0 Å². The third-order valence-electron chi connectivity index (χ3n) is 1.04. The van der Waals surface area contributed by atoms with Crippen molar-refractivity contribution in [2.75, 3.05) is 0 Å². The van der Waals surface area contributed by atoms with Gasteiger partial charge in [-0.3, -0.25) is 0 Å². The maximum absolute atomic E-state index is 10.8. The van der Waals surface area contributed by atoms with Crippen LogP contribution in [0.1, 0.15) is 0 Å². The van der Waals surface area contributed by atoms with Gasteiger partial charge in [-0.15, -0.1) is 11.8 Å². The molecule has 0 unspecified atom stereocenters. The van der Waals surface area contributed by atoms with Crippen molar-refractivity contribution < 1.29 is 8.42 Å². The lowest BCUT2D eigenvalue weighted by molar-refractivity contribution is 0.604. The summed E-state index contributed by atoms with van der Waals surface area (Å²) in [5.74, 6) is 0. The van der Waals surface area contributed by atoms with E-state index in [2.05, 4.69) is 0 Å². The van der Waals surface area contributed by atoms with Crippen molar-refractivity contribution in [1.82, 2.24) is 0 Å². The molecule has 0 bridgehead atoms. The SMILES string of the molecule is NS(=O)(=O)C1=CSC=CC=C1. The predicted molar refractivity (Wildman–Crippen MR) is 47.1 cm³/mol. The van der Waals surface area contributed by atoms with Crippen LogP contribution >= 0.6 is 11.8 Å². The third kappa shape index (κ3) is 2.53. The van der Waals surface area contributed by atoms with Gasteiger partial charge in [0.25, 0.3) is 0 Å². The topological polar surface area (TPSA) is 60.2 Å². The van der Waals surface area contributed by atoms with Gasteiger partial charge in [0.15, 0.2) is 0 Å². The molecule has 0 atom stereocenters. The number of thioether (sulfide) groups is 1. The second kappa shape index (κ2) is 3.25. The Labute approximate surface area is 69.7 Å². The first kappa shape index (κ1) is 8.58. The Morgan fingerprint density at radius 1 is 1.36 bits per heavy atom. The highest BCUT2D eigenvalue weighted by Crippen LogP contribution is 2.16. The molecule has 3 nitrogen and oxygen atoms in total. The van der Waals surface area contributed by atoms with Gasteiger partial charge in [0.1, 0.15) is 0 Å². The van der Waals surface area contributed by atoms with Gasteiger partial charge in [-0.25, -0.2) is 13.6 Å². The van der Waals surface area contributed by atoms with Gasteiger partial charge in [-0.05, 0) is 16.9 Å². The molecule has 0 aliphatic carbocycles. The molecule has 0 amide bonds. The zero-order valence-corrected chi connectivity index (χ0v) is 7.23. The van der Waals surface area contributed by atoms with Crippen molar-refractivity contribution in [1.29, 1.82) is 0 Å². The average molecular weight is 189 g/mol. The molecular weight excluding hydrogens is 182 g/mol. The zero-order valence-electron chi connectivity index (χ0n) is 5.60. The van der Waals surface area contributed by atoms with Gasteiger partial charge in [-0.2, -0.15) is 0 Å². The minimum absolute atomic E-state index is 0.146. The van der Waals surface area contributed by atoms with Gasteiger partial charge in [0.05, 0.1) is 4.91 Å². The normalized spacial score (nSPS) is 17.7. The van der Waals surface area contributed by atoms with Crippen LogP contribution in [0.3, 0.4) is 0 Å². The Balaban J connectivity index is 3.00. The van der Waals surface area contributed by atoms with Crippen molar-refractivity contribution in [3.8, 4) is 0 Å². The molecule has 0 aromatic carbocycles. The first-order valence-electron chi connectivity index (χ1n) is 2.82. The summed E-state index contributed by atoms with van der Waals surface area (Å²) in [6.45, 7) is 0. The summed E-state index contributed by atoms with van der Waals surface area (Å²) in [5, 5.41) is 8.16. The number of nitrogens with two attached hydrogens (primary N) is 1. The maximum atomic E-state index is 10.8. The largest absolute Gasteiger partial charge is 0.238 e. The molecule has 0 radical (unpaired) electrons. The van der Waals surface area contributed by atoms with Crippen molar-refractivity contribution in [3.63, 3.8) is 0 Å². The van der Waals surface area contributed by atoms with Gasteiger partial charge in [-0.1, -0.05) is 12.2 Å². The molecule has 0 aromatic rings. The van der Waals surface area contributed by atoms with Crippen LogP contribution in [0.25, 0.3) is 0 Å². The first-order valence-corrected chi connectivity index (χ1v) is 5.31. The second-order valence-electron chi connectivity index (χ2n) is 1.89. The Morgan fingerprint density at radius 3 is 2.73 bits per heavy atom. The monoisotopic (exact) mass is 189 g/mol. The Kier molecular flexibility index (Phi) is 2.53. The molecule has 2 N–H and O–H groups in total. The molecular formula is C6H7NO2S2. The fourth-order valence-corrected chi connectivity index (χ4v) is 1.99. The number of rotatable bonds is 1. The standard InChI is InChI=1S/C6H7NO2S2/c7-11(8,9)6-3-1-2-4-10-5-6/h1-5H,(H2,7,8,9). The van der Waals surface area contributed by atoms with Gasteiger partial charge in [0.2, 0.25) is 10.0 Å². The van der Waals surface area contributed by atoms with Crippen LogP contribution in [0.4, 0.5) is 0 Å². The van der Waals surface area contributed by atoms with E-state index in [1.165, 1.54) is 23.2 Å². The summed E-state index contributed by atoms with van der Waals surface area (Å²) in [6.07, 6.45) is 4.85. The van der Waals surface area contributed by atoms with E-state index in [0.717, 1.165) is 0 Å². The summed E-state index contributed by atoms with van der Waals surface area (Å²) in [4.78, 5) is 0.146. The minimum Gasteiger partial charge on any atom is -0.225 e. The quantitative estimate of drug-likeness (QED) is 0.667. The molecule has 1 rings (SSSR count). The first-order chi connectivity index (χ1) is 5.11. The highest BCUT2D eigenvalue weighted by molar-refractivity contribution is 8.05. The van der Waals surface area contributed by atoms with Crippen LogP contribution in [0.15, 0.2) is 33.9 Å². The molecule has 5 heteroatoms. The summed E-state index contributed by atoms with van der Waals surface area (Å²) >= 11 is 1.29. The zero-order chi connectivity index (χ0) is 8.32. The summed E-state index contributed by atoms with van der Waals surface area (Å²) in [5.41, 5.74) is 0. The number of hydrogen-bond acceptors (Lipinski definition) is 3. The lowest BCUT2D eigenvalue weighted by Gasteiger charge is -1.94. The Bertz CT molecular complexity index is 324. The van der Waals surface area contributed by atoms with Crippen LogP contribution in [0, 0.1) is 0 Å². The van der Waals surface area contributed by atoms with Gasteiger partial charge >= 0.3 is 0 Å². The number of sulfonamides is 1. The summed E-state index contributed by atoms with van der Waals surface area (Å²) in [6, 6.07) is 0. The van der Waals surface area contributed by atoms with Crippen molar-refractivity contribution in [3.05, 3.63) is 33.9 Å². The van der Waals surface area contributed by atoms with Crippen molar-refractivity contribution in [2.45, 2.75) is 0 Å². The summed E-state index contributed by atoms with van der Waals surface area (Å²) < 4.78 is 21.5. The molecule has 0 saturated heterocycles. The van der Waals surface area contributed by atoms with Crippen molar-refractivity contribution >= 4 is 21.8 Å². The fraction of sp³-hybridized carbons (Fsp3) is 0. The van der Waals surface area contributed by atoms with E-state index >= 15 is 0 Å². The second-order valence-corrected chi connectivity index (χ2v) is 4.23. The smallest absolute Gasteiger partial charge is 0.225 e. The van der Waals surface area contributed by atoms with Crippen LogP contribution in [-0.2, 0) is 10.0 Å². The van der Waals surface area contributed by atoms with Crippen LogP contribution in [0.2, 0.25) is 0 Å². The van der Waals surface area contributed by atoms with Crippen LogP contribution in [-0.4, -0.2) is 8.42 Å². The Hall–Kier alpha value is -0.520. The molecule has 0 saturated carbocycles. The Morgan fingerprint density at radius 2 is 2.09 bits per heavy atom.